The number of benzene rings is 2. The zero-order chi connectivity index (χ0) is 15.2. The number of hydrogen-bond donors (Lipinski definition) is 1. The molecule has 2 aromatic carbocycles. The van der Waals surface area contributed by atoms with Crippen LogP contribution in [0.15, 0.2) is 46.9 Å². The van der Waals surface area contributed by atoms with Crippen LogP contribution in [0.4, 0.5) is 8.78 Å². The lowest BCUT2D eigenvalue weighted by Gasteiger charge is -2.20. The predicted molar refractivity (Wildman–Crippen MR) is 85.2 cm³/mol. The number of halogens is 3. The molecule has 21 heavy (non-hydrogen) atoms. The summed E-state index contributed by atoms with van der Waals surface area (Å²) in [5.74, 6) is -0.535. The van der Waals surface area contributed by atoms with E-state index in [9.17, 15) is 8.78 Å². The number of nitrogens with one attached hydrogen (secondary N) is 1. The van der Waals surface area contributed by atoms with Crippen molar-refractivity contribution in [3.63, 3.8) is 0 Å². The molecule has 0 aliphatic heterocycles. The Hall–Kier alpha value is -1.26. The van der Waals surface area contributed by atoms with Crippen molar-refractivity contribution in [1.82, 2.24) is 5.32 Å². The first kappa shape index (κ1) is 16.1. The van der Waals surface area contributed by atoms with Crippen LogP contribution in [0, 0.1) is 11.6 Å². The molecule has 2 rings (SSSR count). The largest absolute Gasteiger partial charge is 0.310 e. The molecule has 112 valence electrons. The SMILES string of the molecule is CCCNC(Cc1ccccc1F)c1ccc(Br)cc1F. The Balaban J connectivity index is 2.27. The van der Waals surface area contributed by atoms with Crippen LogP contribution >= 0.6 is 15.9 Å². The highest BCUT2D eigenvalue weighted by Crippen LogP contribution is 2.25. The van der Waals surface area contributed by atoms with Gasteiger partial charge in [-0.05, 0) is 43.1 Å². The van der Waals surface area contributed by atoms with E-state index in [4.69, 9.17) is 0 Å². The summed E-state index contributed by atoms with van der Waals surface area (Å²) in [6.07, 6.45) is 1.36. The molecule has 0 amide bonds. The van der Waals surface area contributed by atoms with Gasteiger partial charge in [-0.3, -0.25) is 0 Å². The summed E-state index contributed by atoms with van der Waals surface area (Å²) >= 11 is 3.26. The van der Waals surface area contributed by atoms with Crippen molar-refractivity contribution in [2.75, 3.05) is 6.54 Å². The van der Waals surface area contributed by atoms with E-state index in [0.717, 1.165) is 13.0 Å². The molecule has 0 aliphatic rings. The predicted octanol–water partition coefficient (Wildman–Crippen LogP) is 5.01. The Bertz CT molecular complexity index is 601. The molecular weight excluding hydrogens is 336 g/mol. The maximum Gasteiger partial charge on any atom is 0.129 e. The molecule has 0 saturated heterocycles. The lowest BCUT2D eigenvalue weighted by Crippen LogP contribution is -2.25. The van der Waals surface area contributed by atoms with Crippen molar-refractivity contribution in [2.45, 2.75) is 25.8 Å². The van der Waals surface area contributed by atoms with Gasteiger partial charge in [-0.2, -0.15) is 0 Å². The van der Waals surface area contributed by atoms with Gasteiger partial charge in [0.25, 0.3) is 0 Å². The molecule has 4 heteroatoms. The molecule has 0 bridgehead atoms. The molecule has 0 fully saturated rings. The Morgan fingerprint density at radius 1 is 1.10 bits per heavy atom. The van der Waals surface area contributed by atoms with Gasteiger partial charge < -0.3 is 5.32 Å². The van der Waals surface area contributed by atoms with E-state index >= 15 is 0 Å². The van der Waals surface area contributed by atoms with Gasteiger partial charge in [0.1, 0.15) is 11.6 Å². The van der Waals surface area contributed by atoms with E-state index < -0.39 is 0 Å². The van der Waals surface area contributed by atoms with Gasteiger partial charge in [0.2, 0.25) is 0 Å². The first-order valence-corrected chi connectivity index (χ1v) is 7.83. The number of rotatable bonds is 6. The Morgan fingerprint density at radius 2 is 1.86 bits per heavy atom. The Kier molecular flexibility index (Phi) is 5.88. The van der Waals surface area contributed by atoms with Gasteiger partial charge in [-0.25, -0.2) is 8.78 Å². The van der Waals surface area contributed by atoms with Crippen molar-refractivity contribution in [2.24, 2.45) is 0 Å². The average molecular weight is 354 g/mol. The highest BCUT2D eigenvalue weighted by molar-refractivity contribution is 9.10. The van der Waals surface area contributed by atoms with Crippen LogP contribution in [0.5, 0.6) is 0 Å². The van der Waals surface area contributed by atoms with Crippen LogP contribution in [0.1, 0.15) is 30.5 Å². The first-order chi connectivity index (χ1) is 10.1. The standard InChI is InChI=1S/C17H18BrF2N/c1-2-9-21-17(10-12-5-3-4-6-15(12)19)14-8-7-13(18)11-16(14)20/h3-8,11,17,21H,2,9-10H2,1H3. The molecule has 1 atom stereocenters. The summed E-state index contributed by atoms with van der Waals surface area (Å²) in [7, 11) is 0. The molecule has 0 spiro atoms. The van der Waals surface area contributed by atoms with E-state index in [0.29, 0.717) is 22.0 Å². The summed E-state index contributed by atoms with van der Waals surface area (Å²) in [4.78, 5) is 0. The van der Waals surface area contributed by atoms with Crippen LogP contribution in [0.2, 0.25) is 0 Å². The highest BCUT2D eigenvalue weighted by Gasteiger charge is 2.17. The fourth-order valence-corrected chi connectivity index (χ4v) is 2.61. The van der Waals surface area contributed by atoms with E-state index in [2.05, 4.69) is 21.2 Å². The van der Waals surface area contributed by atoms with Crippen molar-refractivity contribution in [1.29, 1.82) is 0 Å². The monoisotopic (exact) mass is 353 g/mol. The maximum absolute atomic E-state index is 14.2. The van der Waals surface area contributed by atoms with E-state index in [1.165, 1.54) is 12.1 Å². The molecular formula is C17H18BrF2N. The molecule has 0 radical (unpaired) electrons. The van der Waals surface area contributed by atoms with Gasteiger partial charge in [-0.15, -0.1) is 0 Å². The summed E-state index contributed by atoms with van der Waals surface area (Å²) in [5, 5.41) is 3.30. The van der Waals surface area contributed by atoms with Crippen LogP contribution in [-0.4, -0.2) is 6.54 Å². The van der Waals surface area contributed by atoms with Crippen LogP contribution in [-0.2, 0) is 6.42 Å². The minimum Gasteiger partial charge on any atom is -0.310 e. The maximum atomic E-state index is 14.2. The number of hydrogen-bond acceptors (Lipinski definition) is 1. The molecule has 0 heterocycles. The lowest BCUT2D eigenvalue weighted by atomic mass is 9.98. The average Bonchev–Trinajstić information content (AvgIpc) is 2.46. The van der Waals surface area contributed by atoms with Gasteiger partial charge in [0.05, 0.1) is 0 Å². The van der Waals surface area contributed by atoms with Crippen molar-refractivity contribution >= 4 is 15.9 Å². The third-order valence-corrected chi connectivity index (χ3v) is 3.85. The molecule has 1 N–H and O–H groups in total. The van der Waals surface area contributed by atoms with Crippen molar-refractivity contribution < 1.29 is 8.78 Å². The van der Waals surface area contributed by atoms with E-state index in [1.807, 2.05) is 6.92 Å². The van der Waals surface area contributed by atoms with Gasteiger partial charge in [0.15, 0.2) is 0 Å². The molecule has 1 nitrogen and oxygen atoms in total. The van der Waals surface area contributed by atoms with Crippen LogP contribution in [0.3, 0.4) is 0 Å². The van der Waals surface area contributed by atoms with Crippen molar-refractivity contribution in [3.05, 3.63) is 69.7 Å². The van der Waals surface area contributed by atoms with Crippen molar-refractivity contribution in [3.8, 4) is 0 Å². The van der Waals surface area contributed by atoms with Gasteiger partial charge in [-0.1, -0.05) is 47.1 Å². The summed E-state index contributed by atoms with van der Waals surface area (Å²) in [6, 6.07) is 11.4. The van der Waals surface area contributed by atoms with E-state index in [-0.39, 0.29) is 17.7 Å². The molecule has 1 unspecified atom stereocenters. The fraction of sp³-hybridized carbons (Fsp3) is 0.294. The molecule has 2 aromatic rings. The Morgan fingerprint density at radius 3 is 2.52 bits per heavy atom. The summed E-state index contributed by atoms with van der Waals surface area (Å²) in [6.45, 7) is 2.81. The molecule has 0 aromatic heterocycles. The fourth-order valence-electron chi connectivity index (χ4n) is 2.28. The molecule has 0 aliphatic carbocycles. The quantitative estimate of drug-likeness (QED) is 0.769. The summed E-state index contributed by atoms with van der Waals surface area (Å²) in [5.41, 5.74) is 1.16. The zero-order valence-electron chi connectivity index (χ0n) is 11.9. The van der Waals surface area contributed by atoms with Gasteiger partial charge in [0, 0.05) is 16.1 Å². The normalized spacial score (nSPS) is 12.4. The van der Waals surface area contributed by atoms with Crippen LogP contribution in [0.25, 0.3) is 0 Å². The zero-order valence-corrected chi connectivity index (χ0v) is 13.5. The van der Waals surface area contributed by atoms with Gasteiger partial charge >= 0.3 is 0 Å². The lowest BCUT2D eigenvalue weighted by molar-refractivity contribution is 0.487. The second-order valence-electron chi connectivity index (χ2n) is 4.97. The van der Waals surface area contributed by atoms with Crippen LogP contribution < -0.4 is 5.32 Å². The second kappa shape index (κ2) is 7.66. The Labute approximate surface area is 132 Å². The minimum atomic E-state index is -0.283. The molecule has 0 saturated carbocycles. The minimum absolute atomic E-state index is 0.241. The smallest absolute Gasteiger partial charge is 0.129 e. The van der Waals surface area contributed by atoms with E-state index in [1.54, 1.807) is 30.3 Å². The highest BCUT2D eigenvalue weighted by atomic mass is 79.9. The summed E-state index contributed by atoms with van der Waals surface area (Å²) < 4.78 is 28.7. The topological polar surface area (TPSA) is 12.0 Å². The second-order valence-corrected chi connectivity index (χ2v) is 5.88. The third kappa shape index (κ3) is 4.35. The first-order valence-electron chi connectivity index (χ1n) is 7.03. The third-order valence-electron chi connectivity index (χ3n) is 3.36.